The molecular weight excluding hydrogens is 315 g/mol. The first-order valence-electron chi connectivity index (χ1n) is 9.55. The topological polar surface area (TPSA) is 35.2 Å². The quantitative estimate of drug-likeness (QED) is 0.862. The first kappa shape index (κ1) is 16.6. The Labute approximate surface area is 149 Å². The van der Waals surface area contributed by atoms with Crippen molar-refractivity contribution in [1.29, 1.82) is 0 Å². The standard InChI is InChI=1S/C20H27FN4/c21-16-6-8-17(9-7-16)24-12-14-25(15-13-24)19-5-3-1-2-4-18(19)20-22-10-11-23-20/h6-11,18-19H,1-5,12-15H2,(H,22,23). The third-order valence-electron chi connectivity index (χ3n) is 5.83. The summed E-state index contributed by atoms with van der Waals surface area (Å²) in [6.45, 7) is 4.15. The van der Waals surface area contributed by atoms with Crippen LogP contribution in [0.4, 0.5) is 10.1 Å². The zero-order valence-corrected chi connectivity index (χ0v) is 14.7. The van der Waals surface area contributed by atoms with Gasteiger partial charge in [-0.25, -0.2) is 9.37 Å². The zero-order valence-electron chi connectivity index (χ0n) is 14.7. The molecule has 134 valence electrons. The Balaban J connectivity index is 1.43. The van der Waals surface area contributed by atoms with Gasteiger partial charge in [-0.15, -0.1) is 0 Å². The molecule has 2 aromatic rings. The minimum Gasteiger partial charge on any atom is -0.369 e. The minimum atomic E-state index is -0.165. The Hall–Kier alpha value is -1.88. The predicted octanol–water partition coefficient (Wildman–Crippen LogP) is 3.79. The Kier molecular flexibility index (Phi) is 5.02. The van der Waals surface area contributed by atoms with Crippen LogP contribution in [0, 0.1) is 5.82 Å². The predicted molar refractivity (Wildman–Crippen MR) is 98.4 cm³/mol. The van der Waals surface area contributed by atoms with Crippen molar-refractivity contribution >= 4 is 5.69 Å². The lowest BCUT2D eigenvalue weighted by atomic mass is 9.92. The monoisotopic (exact) mass is 342 g/mol. The smallest absolute Gasteiger partial charge is 0.123 e. The van der Waals surface area contributed by atoms with Crippen molar-refractivity contribution in [2.45, 2.75) is 44.1 Å². The van der Waals surface area contributed by atoms with Gasteiger partial charge in [0, 0.05) is 56.2 Å². The van der Waals surface area contributed by atoms with Crippen molar-refractivity contribution in [1.82, 2.24) is 14.9 Å². The number of rotatable bonds is 3. The van der Waals surface area contributed by atoms with Crippen LogP contribution < -0.4 is 4.90 Å². The molecule has 4 nitrogen and oxygen atoms in total. The lowest BCUT2D eigenvalue weighted by molar-refractivity contribution is 0.150. The summed E-state index contributed by atoms with van der Waals surface area (Å²) in [5.74, 6) is 1.52. The fraction of sp³-hybridized carbons (Fsp3) is 0.550. The van der Waals surface area contributed by atoms with Crippen molar-refractivity contribution in [2.75, 3.05) is 31.1 Å². The fourth-order valence-electron chi connectivity index (χ4n) is 4.49. The van der Waals surface area contributed by atoms with E-state index in [0.29, 0.717) is 12.0 Å². The molecule has 2 heterocycles. The normalized spacial score (nSPS) is 25.7. The Bertz CT molecular complexity index is 647. The molecule has 0 radical (unpaired) electrons. The second-order valence-electron chi connectivity index (χ2n) is 7.29. The number of hydrogen-bond acceptors (Lipinski definition) is 3. The first-order chi connectivity index (χ1) is 12.3. The molecule has 2 aliphatic rings. The molecule has 0 spiro atoms. The molecule has 0 amide bonds. The second-order valence-corrected chi connectivity index (χ2v) is 7.29. The van der Waals surface area contributed by atoms with Crippen LogP contribution in [0.15, 0.2) is 36.7 Å². The number of hydrogen-bond donors (Lipinski definition) is 1. The number of imidazole rings is 1. The molecule has 0 bridgehead atoms. The van der Waals surface area contributed by atoms with Crippen molar-refractivity contribution in [3.05, 3.63) is 48.3 Å². The molecular formula is C20H27FN4. The van der Waals surface area contributed by atoms with E-state index in [1.165, 1.54) is 32.1 Å². The molecule has 1 aliphatic heterocycles. The van der Waals surface area contributed by atoms with Gasteiger partial charge in [-0.3, -0.25) is 4.90 Å². The van der Waals surface area contributed by atoms with Gasteiger partial charge in [-0.1, -0.05) is 19.3 Å². The number of aromatic amines is 1. The number of anilines is 1. The summed E-state index contributed by atoms with van der Waals surface area (Å²) in [5, 5.41) is 0. The fourth-order valence-corrected chi connectivity index (χ4v) is 4.49. The highest BCUT2D eigenvalue weighted by Crippen LogP contribution is 2.34. The van der Waals surface area contributed by atoms with E-state index in [0.717, 1.165) is 37.7 Å². The van der Waals surface area contributed by atoms with Crippen molar-refractivity contribution < 1.29 is 4.39 Å². The molecule has 1 N–H and O–H groups in total. The van der Waals surface area contributed by atoms with E-state index in [2.05, 4.69) is 19.8 Å². The van der Waals surface area contributed by atoms with Crippen LogP contribution in [0.1, 0.15) is 43.8 Å². The van der Waals surface area contributed by atoms with Crippen LogP contribution in [0.2, 0.25) is 0 Å². The third kappa shape index (κ3) is 3.71. The third-order valence-corrected chi connectivity index (χ3v) is 5.83. The van der Waals surface area contributed by atoms with E-state index in [9.17, 15) is 4.39 Å². The molecule has 2 atom stereocenters. The van der Waals surface area contributed by atoms with Crippen molar-refractivity contribution in [3.8, 4) is 0 Å². The lowest BCUT2D eigenvalue weighted by Crippen LogP contribution is -2.52. The molecule has 1 aromatic carbocycles. The summed E-state index contributed by atoms with van der Waals surface area (Å²) in [5.41, 5.74) is 1.13. The molecule has 2 fully saturated rings. The highest BCUT2D eigenvalue weighted by molar-refractivity contribution is 5.46. The number of aromatic nitrogens is 2. The van der Waals surface area contributed by atoms with Crippen LogP contribution in [0.3, 0.4) is 0 Å². The molecule has 1 saturated carbocycles. The maximum Gasteiger partial charge on any atom is 0.123 e. The van der Waals surface area contributed by atoms with Crippen molar-refractivity contribution in [3.63, 3.8) is 0 Å². The number of piperazine rings is 1. The first-order valence-corrected chi connectivity index (χ1v) is 9.55. The number of nitrogens with zero attached hydrogens (tertiary/aromatic N) is 3. The molecule has 2 unspecified atom stereocenters. The van der Waals surface area contributed by atoms with E-state index >= 15 is 0 Å². The molecule has 1 aliphatic carbocycles. The van der Waals surface area contributed by atoms with E-state index in [4.69, 9.17) is 0 Å². The van der Waals surface area contributed by atoms with Crippen molar-refractivity contribution in [2.24, 2.45) is 0 Å². The molecule has 5 heteroatoms. The van der Waals surface area contributed by atoms with E-state index < -0.39 is 0 Å². The Morgan fingerprint density at radius 2 is 1.72 bits per heavy atom. The SMILES string of the molecule is Fc1ccc(N2CCN(C3CCCCCC3c3ncc[nH]3)CC2)cc1. The highest BCUT2D eigenvalue weighted by Gasteiger charge is 2.33. The van der Waals surface area contributed by atoms with Gasteiger partial charge < -0.3 is 9.88 Å². The van der Waals surface area contributed by atoms with Gasteiger partial charge in [0.25, 0.3) is 0 Å². The van der Waals surface area contributed by atoms with Gasteiger partial charge in [-0.2, -0.15) is 0 Å². The van der Waals surface area contributed by atoms with Crippen LogP contribution in [0.5, 0.6) is 0 Å². The molecule has 1 saturated heterocycles. The number of H-pyrrole nitrogens is 1. The zero-order chi connectivity index (χ0) is 17.1. The summed E-state index contributed by atoms with van der Waals surface area (Å²) in [6, 6.07) is 7.48. The average Bonchev–Trinajstić information content (AvgIpc) is 3.07. The molecule has 4 rings (SSSR count). The van der Waals surface area contributed by atoms with Crippen LogP contribution >= 0.6 is 0 Å². The number of nitrogens with one attached hydrogen (secondary N) is 1. The maximum atomic E-state index is 13.1. The Morgan fingerprint density at radius 1 is 0.960 bits per heavy atom. The average molecular weight is 342 g/mol. The lowest BCUT2D eigenvalue weighted by Gasteiger charge is -2.42. The van der Waals surface area contributed by atoms with Crippen LogP contribution in [-0.2, 0) is 0 Å². The van der Waals surface area contributed by atoms with Gasteiger partial charge in [0.2, 0.25) is 0 Å². The largest absolute Gasteiger partial charge is 0.369 e. The summed E-state index contributed by atoms with van der Waals surface area (Å²) in [4.78, 5) is 13.0. The number of benzene rings is 1. The van der Waals surface area contributed by atoms with Gasteiger partial charge in [0.15, 0.2) is 0 Å². The summed E-state index contributed by atoms with van der Waals surface area (Å²) in [6.07, 6.45) is 10.3. The van der Waals surface area contributed by atoms with Gasteiger partial charge in [-0.05, 0) is 37.1 Å². The summed E-state index contributed by atoms with van der Waals surface area (Å²) < 4.78 is 13.1. The van der Waals surface area contributed by atoms with E-state index in [1.54, 1.807) is 12.1 Å². The van der Waals surface area contributed by atoms with Gasteiger partial charge in [0.05, 0.1) is 0 Å². The molecule has 25 heavy (non-hydrogen) atoms. The van der Waals surface area contributed by atoms with Gasteiger partial charge in [0.1, 0.15) is 11.6 Å². The highest BCUT2D eigenvalue weighted by atomic mass is 19.1. The number of halogens is 1. The minimum absolute atomic E-state index is 0.165. The van der Waals surface area contributed by atoms with Crippen LogP contribution in [-0.4, -0.2) is 47.1 Å². The van der Waals surface area contributed by atoms with Gasteiger partial charge >= 0.3 is 0 Å². The summed E-state index contributed by atoms with van der Waals surface area (Å²) >= 11 is 0. The summed E-state index contributed by atoms with van der Waals surface area (Å²) in [7, 11) is 0. The van der Waals surface area contributed by atoms with E-state index in [1.807, 2.05) is 24.5 Å². The second kappa shape index (κ2) is 7.56. The maximum absolute atomic E-state index is 13.1. The van der Waals surface area contributed by atoms with Crippen LogP contribution in [0.25, 0.3) is 0 Å². The Morgan fingerprint density at radius 3 is 2.44 bits per heavy atom. The molecule has 1 aromatic heterocycles. The van der Waals surface area contributed by atoms with E-state index in [-0.39, 0.29) is 5.82 Å².